The van der Waals surface area contributed by atoms with Crippen molar-refractivity contribution in [3.63, 3.8) is 0 Å². The van der Waals surface area contributed by atoms with Gasteiger partial charge in [-0.2, -0.15) is 9.97 Å². The summed E-state index contributed by atoms with van der Waals surface area (Å²) in [6.07, 6.45) is 2.50. The van der Waals surface area contributed by atoms with E-state index in [2.05, 4.69) is 25.8 Å². The number of nitrogens with zero attached hydrogens (tertiary/aromatic N) is 3. The molecule has 0 amide bonds. The van der Waals surface area contributed by atoms with Crippen LogP contribution in [0, 0.1) is 5.92 Å². The molecule has 0 saturated heterocycles. The largest absolute Gasteiger partial charge is 0.478 e. The number of carbonyl (C=O) groups excluding carboxylic acids is 1. The number of aromatic nitrogens is 2. The summed E-state index contributed by atoms with van der Waals surface area (Å²) in [7, 11) is 1.30. The lowest BCUT2D eigenvalue weighted by Crippen LogP contribution is -2.30. The molecule has 3 unspecified atom stereocenters. The molecule has 2 heterocycles. The number of nitrogen functional groups attached to an aromatic ring is 1. The number of aliphatic imine (C=N–C) groups is 1. The number of nitrogens with two attached hydrogens (primary N) is 2. The number of carboxylic acid groups (broad SMARTS) is 1. The number of hydrogen-bond donors (Lipinski definition) is 4. The van der Waals surface area contributed by atoms with Crippen LogP contribution in [0.15, 0.2) is 59.6 Å². The van der Waals surface area contributed by atoms with E-state index < -0.39 is 26.6 Å². The summed E-state index contributed by atoms with van der Waals surface area (Å²) in [4.78, 5) is 35.5. The summed E-state index contributed by atoms with van der Waals surface area (Å²) in [5.41, 5.74) is 11.8. The van der Waals surface area contributed by atoms with E-state index in [0.717, 1.165) is 0 Å². The predicted octanol–water partition coefficient (Wildman–Crippen LogP) is 4.55. The zero-order chi connectivity index (χ0) is 33.9. The third kappa shape index (κ3) is 12.7. The molecule has 250 valence electrons. The molecule has 4 atom stereocenters. The summed E-state index contributed by atoms with van der Waals surface area (Å²) in [6, 6.07) is 15.7. The van der Waals surface area contributed by atoms with Gasteiger partial charge in [-0.15, -0.1) is 0 Å². The maximum Gasteiger partial charge on any atom is 0.339 e. The molecule has 0 aliphatic carbocycles. The van der Waals surface area contributed by atoms with Crippen LogP contribution in [0.2, 0.25) is 0 Å². The van der Waals surface area contributed by atoms with E-state index in [9.17, 15) is 14.7 Å². The number of fused-ring (bicyclic) bond motifs is 1. The summed E-state index contributed by atoms with van der Waals surface area (Å²) < 4.78 is 28.4. The minimum absolute atomic E-state index is 0.0190. The molecule has 3 aromatic rings. The van der Waals surface area contributed by atoms with Gasteiger partial charge in [0.25, 0.3) is 0 Å². The van der Waals surface area contributed by atoms with Crippen molar-refractivity contribution in [2.24, 2.45) is 16.6 Å². The number of hydrogen-bond acceptors (Lipinski definition) is 13. The maximum atomic E-state index is 11.6. The van der Waals surface area contributed by atoms with Crippen LogP contribution in [0.4, 0.5) is 11.6 Å². The van der Waals surface area contributed by atoms with Crippen molar-refractivity contribution < 1.29 is 38.0 Å². The minimum Gasteiger partial charge on any atom is -0.478 e. The molecule has 0 spiro atoms. The second-order valence-electron chi connectivity index (χ2n) is 9.62. The Bertz CT molecular complexity index is 1380. The molecule has 1 aliphatic rings. The highest BCUT2D eigenvalue weighted by molar-refractivity contribution is 7.45. The number of nitrogens with one attached hydrogen (secondary N) is 1. The predicted molar refractivity (Wildman–Crippen MR) is 177 cm³/mol. The molecule has 0 radical (unpaired) electrons. The Kier molecular flexibility index (Phi) is 17.1. The van der Waals surface area contributed by atoms with E-state index in [0.29, 0.717) is 31.6 Å². The van der Waals surface area contributed by atoms with Gasteiger partial charge in [-0.3, -0.25) is 4.99 Å². The van der Waals surface area contributed by atoms with Crippen LogP contribution in [-0.4, -0.2) is 73.1 Å². The lowest BCUT2D eigenvalue weighted by molar-refractivity contribution is -0.108. The molecular formula is C31H43N6O8P. The number of para-hydroxylation sites is 1. The minimum atomic E-state index is -1.90. The zero-order valence-corrected chi connectivity index (χ0v) is 27.6. The highest BCUT2D eigenvalue weighted by Crippen LogP contribution is 2.40. The molecule has 46 heavy (non-hydrogen) atoms. The number of ether oxygens (including phenoxy) is 3. The number of carboxylic acids is 1. The average Bonchev–Trinajstić information content (AvgIpc) is 3.04. The van der Waals surface area contributed by atoms with Gasteiger partial charge in [-0.1, -0.05) is 49.4 Å². The Hall–Kier alpha value is -4.20. The summed E-state index contributed by atoms with van der Waals surface area (Å²) in [5, 5.41) is 12.4. The van der Waals surface area contributed by atoms with Gasteiger partial charge in [0, 0.05) is 13.3 Å². The second-order valence-corrected chi connectivity index (χ2v) is 10.8. The number of carbonyl (C=O) groups is 2. The Morgan fingerprint density at radius 3 is 2.52 bits per heavy atom. The molecule has 0 fully saturated rings. The van der Waals surface area contributed by atoms with Crippen LogP contribution < -0.4 is 30.6 Å². The van der Waals surface area contributed by atoms with E-state index >= 15 is 0 Å². The Morgan fingerprint density at radius 1 is 1.17 bits per heavy atom. The second kappa shape index (κ2) is 20.8. The van der Waals surface area contributed by atoms with Crippen LogP contribution in [0.3, 0.4) is 0 Å². The fourth-order valence-electron chi connectivity index (χ4n) is 3.84. The van der Waals surface area contributed by atoms with E-state index in [1.54, 1.807) is 32.4 Å². The quantitative estimate of drug-likeness (QED) is 0.147. The van der Waals surface area contributed by atoms with Gasteiger partial charge in [-0.05, 0) is 50.9 Å². The van der Waals surface area contributed by atoms with Gasteiger partial charge < -0.3 is 44.6 Å². The van der Waals surface area contributed by atoms with Crippen molar-refractivity contribution in [3.8, 4) is 17.5 Å². The summed E-state index contributed by atoms with van der Waals surface area (Å²) in [6.45, 7) is 6.54. The van der Waals surface area contributed by atoms with Crippen molar-refractivity contribution >= 4 is 38.6 Å². The number of aldehydes is 1. The van der Waals surface area contributed by atoms with Crippen LogP contribution in [0.5, 0.6) is 17.5 Å². The van der Waals surface area contributed by atoms with Crippen molar-refractivity contribution in [2.75, 3.05) is 33.1 Å². The topological polar surface area (TPSA) is 203 Å². The molecular weight excluding hydrogens is 615 g/mol. The monoisotopic (exact) mass is 658 g/mol. The number of aromatic carboxylic acids is 1. The third-order valence-electron chi connectivity index (χ3n) is 5.83. The Morgan fingerprint density at radius 2 is 1.87 bits per heavy atom. The SMILES string of the molecule is CCOc1nc(N)nc2c1N=CC(C)CC(COP(N[C@@H](C)C=O)Oc1ccccc1C(=O)O)O2.CN.COCc1ccccc1. The van der Waals surface area contributed by atoms with E-state index in [-0.39, 0.29) is 41.5 Å². The van der Waals surface area contributed by atoms with Crippen LogP contribution in [0.1, 0.15) is 43.1 Å². The Labute approximate surface area is 270 Å². The highest BCUT2D eigenvalue weighted by atomic mass is 31.2. The van der Waals surface area contributed by atoms with Crippen molar-refractivity contribution in [3.05, 3.63) is 65.7 Å². The van der Waals surface area contributed by atoms with E-state index in [1.165, 1.54) is 24.7 Å². The van der Waals surface area contributed by atoms with Gasteiger partial charge in [0.2, 0.25) is 17.7 Å². The van der Waals surface area contributed by atoms with Crippen molar-refractivity contribution in [1.82, 2.24) is 15.1 Å². The summed E-state index contributed by atoms with van der Waals surface area (Å²) in [5.74, 6) is -0.651. The molecule has 15 heteroatoms. The van der Waals surface area contributed by atoms with E-state index in [4.69, 9.17) is 29.0 Å². The van der Waals surface area contributed by atoms with Crippen LogP contribution in [-0.2, 0) is 20.7 Å². The number of rotatable bonds is 13. The molecule has 1 aromatic heterocycles. The van der Waals surface area contributed by atoms with Gasteiger partial charge in [-0.25, -0.2) is 9.88 Å². The normalized spacial score (nSPS) is 16.3. The number of methoxy groups -OCH3 is 1. The van der Waals surface area contributed by atoms with Gasteiger partial charge in [0.15, 0.2) is 5.69 Å². The fourth-order valence-corrected chi connectivity index (χ4v) is 5.05. The lowest BCUT2D eigenvalue weighted by atomic mass is 10.1. The highest BCUT2D eigenvalue weighted by Gasteiger charge is 2.27. The summed E-state index contributed by atoms with van der Waals surface area (Å²) >= 11 is 0. The molecule has 14 nitrogen and oxygen atoms in total. The van der Waals surface area contributed by atoms with Gasteiger partial charge in [0.1, 0.15) is 23.7 Å². The first-order valence-corrected chi connectivity index (χ1v) is 15.7. The number of anilines is 1. The molecule has 1 aliphatic heterocycles. The third-order valence-corrected chi connectivity index (χ3v) is 7.20. The maximum absolute atomic E-state index is 11.6. The Balaban J connectivity index is 0.000000569. The average molecular weight is 659 g/mol. The number of benzene rings is 2. The molecule has 2 aromatic carbocycles. The van der Waals surface area contributed by atoms with Crippen LogP contribution >= 0.6 is 8.53 Å². The van der Waals surface area contributed by atoms with E-state index in [1.807, 2.05) is 44.2 Å². The first-order chi connectivity index (χ1) is 22.2. The molecule has 0 saturated carbocycles. The molecule has 4 rings (SSSR count). The lowest BCUT2D eigenvalue weighted by Gasteiger charge is -2.26. The van der Waals surface area contributed by atoms with Gasteiger partial charge in [0.05, 0.1) is 25.9 Å². The fraction of sp³-hybridized carbons (Fsp3) is 0.387. The molecule has 0 bridgehead atoms. The smallest absolute Gasteiger partial charge is 0.339 e. The first kappa shape index (κ1) is 38.0. The zero-order valence-electron chi connectivity index (χ0n) is 26.7. The van der Waals surface area contributed by atoms with Crippen LogP contribution in [0.25, 0.3) is 0 Å². The van der Waals surface area contributed by atoms with Gasteiger partial charge >= 0.3 is 14.5 Å². The molecule has 6 N–H and O–H groups in total. The standard InChI is InChI=1S/C22H28N5O7P.C8H10O.CH5N/c1-4-31-19-18-20(26-22(23)25-19)33-15(9-13(2)10-24-18)12-32-35(27-14(3)11-28)34-17-8-6-5-7-16(17)21(29)30;1-9-7-8-5-3-2-4-6-8;1-2/h5-8,10-11,13-15,27H,4,9,12H2,1-3H3,(H,29,30)(H2,23,25,26);2-6H,7H2,1H3;2H2,1H3/t13?,14-,15?,35?;;/m0../s1. The van der Waals surface area contributed by atoms with Crippen molar-refractivity contribution in [1.29, 1.82) is 0 Å². The van der Waals surface area contributed by atoms with Crippen molar-refractivity contribution in [2.45, 2.75) is 45.9 Å². The first-order valence-electron chi connectivity index (χ1n) is 14.5.